The molecule has 0 bridgehead atoms. The number of hydrogen-bond acceptors (Lipinski definition) is 5. The second kappa shape index (κ2) is 11.5. The highest BCUT2D eigenvalue weighted by molar-refractivity contribution is 7.89. The molecule has 3 aromatic carbocycles. The first-order valence-corrected chi connectivity index (χ1v) is 13.8. The molecule has 0 radical (unpaired) electrons. The second-order valence-electron chi connectivity index (χ2n) is 8.59. The number of carbonyl (C=O) groups is 2. The van der Waals surface area contributed by atoms with Gasteiger partial charge in [-0.3, -0.25) is 9.59 Å². The lowest BCUT2D eigenvalue weighted by atomic mass is 9.80. The van der Waals surface area contributed by atoms with Crippen molar-refractivity contribution in [2.75, 3.05) is 6.61 Å². The van der Waals surface area contributed by atoms with Crippen LogP contribution in [-0.2, 0) is 30.9 Å². The topological polar surface area (TPSA) is 107 Å². The molecule has 0 spiro atoms. The lowest BCUT2D eigenvalue weighted by molar-refractivity contribution is -0.155. The highest BCUT2D eigenvalue weighted by Crippen LogP contribution is 2.44. The molecule has 0 saturated heterocycles. The molecule has 1 amide bonds. The largest absolute Gasteiger partial charge is 0.461 e. The van der Waals surface area contributed by atoms with E-state index >= 15 is 0 Å². The van der Waals surface area contributed by atoms with Gasteiger partial charge in [0.25, 0.3) is 0 Å². The maximum Gasteiger partial charge on any atom is 0.319 e. The van der Waals surface area contributed by atoms with Crippen molar-refractivity contribution in [1.29, 1.82) is 0 Å². The van der Waals surface area contributed by atoms with Crippen LogP contribution in [0.2, 0.25) is 10.0 Å². The minimum atomic E-state index is -3.92. The van der Waals surface area contributed by atoms with Crippen molar-refractivity contribution in [1.82, 2.24) is 4.90 Å². The standard InChI is InChI=1S/C28H24Cl2N2O5S/c1-2-15-37-28(34)26-21(25-22(29)9-6-10-23(25)30)16-24(19-11-13-20(14-12-19)38(31,35)36)32(27(26)33)17-18-7-4-3-5-8-18/h2-14,16,21,26H,1,15,17H2,(H2,31,35,36). The van der Waals surface area contributed by atoms with Crippen molar-refractivity contribution in [3.8, 4) is 0 Å². The summed E-state index contributed by atoms with van der Waals surface area (Å²) < 4.78 is 28.9. The number of hydrogen-bond donors (Lipinski definition) is 1. The van der Waals surface area contributed by atoms with Gasteiger partial charge in [-0.2, -0.15) is 0 Å². The van der Waals surface area contributed by atoms with E-state index in [9.17, 15) is 18.0 Å². The van der Waals surface area contributed by atoms with Crippen LogP contribution in [-0.4, -0.2) is 31.8 Å². The van der Waals surface area contributed by atoms with Crippen molar-refractivity contribution in [3.05, 3.63) is 118 Å². The summed E-state index contributed by atoms with van der Waals surface area (Å²) in [5, 5.41) is 5.84. The van der Waals surface area contributed by atoms with Gasteiger partial charge in [-0.1, -0.05) is 90.5 Å². The first kappa shape index (κ1) is 27.6. The molecule has 2 unspecified atom stereocenters. The summed E-state index contributed by atoms with van der Waals surface area (Å²) in [7, 11) is -3.92. The number of esters is 1. The smallest absolute Gasteiger partial charge is 0.319 e. The number of carbonyl (C=O) groups excluding carboxylic acids is 2. The van der Waals surface area contributed by atoms with Crippen LogP contribution in [0.5, 0.6) is 0 Å². The average Bonchev–Trinajstić information content (AvgIpc) is 2.89. The zero-order chi connectivity index (χ0) is 27.4. The number of rotatable bonds is 8. The van der Waals surface area contributed by atoms with Crippen molar-refractivity contribution in [3.63, 3.8) is 0 Å². The minimum Gasteiger partial charge on any atom is -0.461 e. The van der Waals surface area contributed by atoms with Gasteiger partial charge >= 0.3 is 5.97 Å². The number of benzene rings is 3. The van der Waals surface area contributed by atoms with Gasteiger partial charge in [0.1, 0.15) is 12.5 Å². The number of nitrogens with two attached hydrogens (primary N) is 1. The van der Waals surface area contributed by atoms with Gasteiger partial charge in [-0.25, -0.2) is 13.6 Å². The van der Waals surface area contributed by atoms with Crippen LogP contribution >= 0.6 is 23.2 Å². The molecule has 38 heavy (non-hydrogen) atoms. The molecule has 2 N–H and O–H groups in total. The average molecular weight is 571 g/mol. The Bertz CT molecular complexity index is 1490. The summed E-state index contributed by atoms with van der Waals surface area (Å²) in [5.41, 5.74) is 2.21. The molecule has 7 nitrogen and oxygen atoms in total. The molecule has 1 aliphatic heterocycles. The van der Waals surface area contributed by atoms with Gasteiger partial charge in [-0.05, 0) is 41.0 Å². The van der Waals surface area contributed by atoms with Gasteiger partial charge < -0.3 is 9.64 Å². The summed E-state index contributed by atoms with van der Waals surface area (Å²) in [6, 6.07) is 20.0. The number of allylic oxidation sites excluding steroid dienone is 1. The van der Waals surface area contributed by atoms with E-state index in [-0.39, 0.29) is 28.1 Å². The zero-order valence-electron chi connectivity index (χ0n) is 20.1. The molecule has 2 atom stereocenters. The van der Waals surface area contributed by atoms with E-state index < -0.39 is 33.7 Å². The maximum absolute atomic E-state index is 14.1. The summed E-state index contributed by atoms with van der Waals surface area (Å²) in [4.78, 5) is 28.8. The molecular formula is C28H24Cl2N2O5S. The van der Waals surface area contributed by atoms with Gasteiger partial charge in [0.05, 0.1) is 11.4 Å². The second-order valence-corrected chi connectivity index (χ2v) is 11.0. The summed E-state index contributed by atoms with van der Waals surface area (Å²) >= 11 is 13.1. The van der Waals surface area contributed by atoms with Gasteiger partial charge in [-0.15, -0.1) is 0 Å². The van der Waals surface area contributed by atoms with Crippen LogP contribution in [0.4, 0.5) is 0 Å². The zero-order valence-corrected chi connectivity index (χ0v) is 22.4. The van der Waals surface area contributed by atoms with Crippen LogP contribution in [0.25, 0.3) is 5.70 Å². The number of nitrogens with zero attached hydrogens (tertiary/aromatic N) is 1. The molecule has 10 heteroatoms. The van der Waals surface area contributed by atoms with Gasteiger partial charge in [0, 0.05) is 21.7 Å². The Kier molecular flexibility index (Phi) is 8.38. The summed E-state index contributed by atoms with van der Waals surface area (Å²) in [6.45, 7) is 3.65. The lowest BCUT2D eigenvalue weighted by Gasteiger charge is -2.37. The fourth-order valence-corrected chi connectivity index (χ4v) is 5.52. The summed E-state index contributed by atoms with van der Waals surface area (Å²) in [6.07, 6.45) is 3.15. The molecule has 0 saturated carbocycles. The molecule has 196 valence electrons. The minimum absolute atomic E-state index is 0.0735. The Morgan fingerprint density at radius 2 is 1.63 bits per heavy atom. The van der Waals surface area contributed by atoms with Crippen molar-refractivity contribution < 1.29 is 22.7 Å². The molecule has 1 aliphatic rings. The predicted octanol–water partition coefficient (Wildman–Crippen LogP) is 5.15. The van der Waals surface area contributed by atoms with Crippen LogP contribution in [0.1, 0.15) is 22.6 Å². The summed E-state index contributed by atoms with van der Waals surface area (Å²) in [5.74, 6) is -3.39. The maximum atomic E-state index is 14.1. The van der Waals surface area contributed by atoms with Gasteiger partial charge in [0.2, 0.25) is 15.9 Å². The van der Waals surface area contributed by atoms with E-state index in [1.807, 2.05) is 30.3 Å². The Morgan fingerprint density at radius 3 is 2.21 bits per heavy atom. The fraction of sp³-hybridized carbons (Fsp3) is 0.143. The van der Waals surface area contributed by atoms with Crippen molar-refractivity contribution in [2.45, 2.75) is 17.4 Å². The van der Waals surface area contributed by atoms with E-state index in [1.165, 1.54) is 23.1 Å². The van der Waals surface area contributed by atoms with Crippen LogP contribution in [0.3, 0.4) is 0 Å². The molecule has 0 aromatic heterocycles. The highest BCUT2D eigenvalue weighted by Gasteiger charge is 2.45. The Morgan fingerprint density at radius 1 is 1.00 bits per heavy atom. The normalized spacial score (nSPS) is 17.6. The lowest BCUT2D eigenvalue weighted by Crippen LogP contribution is -2.45. The Balaban J connectivity index is 1.92. The quantitative estimate of drug-likeness (QED) is 0.229. The van der Waals surface area contributed by atoms with Gasteiger partial charge in [0.15, 0.2) is 0 Å². The van der Waals surface area contributed by atoms with Crippen LogP contribution < -0.4 is 5.14 Å². The molecule has 0 aliphatic carbocycles. The number of halogens is 2. The van der Waals surface area contributed by atoms with Crippen LogP contribution in [0.15, 0.2) is 96.4 Å². The van der Waals surface area contributed by atoms with Crippen LogP contribution in [0, 0.1) is 5.92 Å². The van der Waals surface area contributed by atoms with Crippen molar-refractivity contribution in [2.24, 2.45) is 11.1 Å². The number of sulfonamides is 1. The van der Waals surface area contributed by atoms with E-state index in [2.05, 4.69) is 6.58 Å². The first-order chi connectivity index (χ1) is 18.1. The monoisotopic (exact) mass is 570 g/mol. The van der Waals surface area contributed by atoms with E-state index in [0.29, 0.717) is 16.8 Å². The fourth-order valence-electron chi connectivity index (χ4n) is 4.35. The SMILES string of the molecule is C=CCOC(=O)C1C(=O)N(Cc2ccccc2)C(c2ccc(S(N)(=O)=O)cc2)=CC1c1c(Cl)cccc1Cl. The third kappa shape index (κ3) is 5.84. The van der Waals surface area contributed by atoms with Crippen molar-refractivity contribution >= 4 is 50.8 Å². The molecule has 0 fully saturated rings. The number of ether oxygens (including phenoxy) is 1. The first-order valence-electron chi connectivity index (χ1n) is 11.5. The van der Waals surface area contributed by atoms with E-state index in [1.54, 1.807) is 36.4 Å². The molecule has 3 aromatic rings. The number of amides is 1. The Labute approximate surface area is 231 Å². The molecule has 4 rings (SSSR count). The molecule has 1 heterocycles. The van der Waals surface area contributed by atoms with E-state index in [4.69, 9.17) is 33.1 Å². The Hall–Kier alpha value is -3.43. The third-order valence-electron chi connectivity index (χ3n) is 6.11. The third-order valence-corrected chi connectivity index (χ3v) is 7.70. The van der Waals surface area contributed by atoms with E-state index in [0.717, 1.165) is 5.56 Å². The highest BCUT2D eigenvalue weighted by atomic mass is 35.5. The number of primary sulfonamides is 1. The molecular weight excluding hydrogens is 547 g/mol. The predicted molar refractivity (Wildman–Crippen MR) is 147 cm³/mol.